The van der Waals surface area contributed by atoms with Crippen LogP contribution in [-0.4, -0.2) is 77.3 Å². The van der Waals surface area contributed by atoms with E-state index in [0.29, 0.717) is 18.9 Å². The summed E-state index contributed by atoms with van der Waals surface area (Å²) in [5.74, 6) is 1.24. The molecule has 1 unspecified atom stereocenters. The van der Waals surface area contributed by atoms with E-state index in [-0.39, 0.29) is 30.1 Å². The zero-order valence-corrected chi connectivity index (χ0v) is 20.0. The number of nitrogens with one attached hydrogen (secondary N) is 1. The maximum Gasteiger partial charge on any atom is 0.222 e. The van der Waals surface area contributed by atoms with Crippen LogP contribution in [0.5, 0.6) is 0 Å². The summed E-state index contributed by atoms with van der Waals surface area (Å²) >= 11 is 0. The van der Waals surface area contributed by atoms with E-state index in [1.807, 2.05) is 24.3 Å². The highest BCUT2D eigenvalue weighted by Gasteiger charge is 2.25. The molecule has 0 spiro atoms. The Bertz CT molecular complexity index is 665. The van der Waals surface area contributed by atoms with E-state index < -0.39 is 0 Å². The Hall–Kier alpha value is -1.36. The number of aliphatic imine (C=N–C) groups is 1. The van der Waals surface area contributed by atoms with E-state index in [4.69, 9.17) is 9.73 Å². The Kier molecular flexibility index (Phi) is 10.2. The number of likely N-dealkylation sites (tertiary alicyclic amines) is 1. The van der Waals surface area contributed by atoms with Gasteiger partial charge in [-0.05, 0) is 26.2 Å². The van der Waals surface area contributed by atoms with Crippen molar-refractivity contribution < 1.29 is 9.53 Å². The van der Waals surface area contributed by atoms with Crippen molar-refractivity contribution in [2.75, 3.05) is 45.9 Å². The Morgan fingerprint density at radius 3 is 2.97 bits per heavy atom. The van der Waals surface area contributed by atoms with Gasteiger partial charge >= 0.3 is 0 Å². The molecule has 0 bridgehead atoms. The quantitative estimate of drug-likeness (QED) is 0.271. The predicted molar refractivity (Wildman–Crippen MR) is 125 cm³/mol. The highest BCUT2D eigenvalue weighted by molar-refractivity contribution is 14.0. The van der Waals surface area contributed by atoms with Crippen molar-refractivity contribution in [1.29, 1.82) is 0 Å². The number of amides is 1. The number of halogens is 1. The summed E-state index contributed by atoms with van der Waals surface area (Å²) in [5, 5.41) is 7.66. The molecular weight excluding hydrogens is 483 g/mol. The van der Waals surface area contributed by atoms with Crippen LogP contribution in [0.4, 0.5) is 0 Å². The Morgan fingerprint density at radius 1 is 1.34 bits per heavy atom. The van der Waals surface area contributed by atoms with Crippen molar-refractivity contribution in [3.8, 4) is 0 Å². The highest BCUT2D eigenvalue weighted by Crippen LogP contribution is 2.21. The number of ether oxygens (including phenoxy) is 1. The van der Waals surface area contributed by atoms with Crippen LogP contribution in [0, 0.1) is 0 Å². The molecule has 1 amide bonds. The molecule has 1 aromatic rings. The van der Waals surface area contributed by atoms with Crippen molar-refractivity contribution in [3.63, 3.8) is 0 Å². The summed E-state index contributed by atoms with van der Waals surface area (Å²) in [7, 11) is 1.92. The SMILES string of the molecule is CCNC(=NCCCN1CCCCCC1=O)N1CCOC(c2cnn(C)c2)C1.I. The van der Waals surface area contributed by atoms with Crippen LogP contribution in [0.3, 0.4) is 0 Å². The first-order chi connectivity index (χ1) is 13.7. The minimum atomic E-state index is 0. The molecule has 3 rings (SSSR count). The van der Waals surface area contributed by atoms with Gasteiger partial charge in [-0.2, -0.15) is 5.10 Å². The Labute approximate surface area is 191 Å². The molecule has 0 aliphatic carbocycles. The molecule has 0 radical (unpaired) electrons. The third-order valence-electron chi connectivity index (χ3n) is 5.32. The minimum absolute atomic E-state index is 0. The summed E-state index contributed by atoms with van der Waals surface area (Å²) in [5.41, 5.74) is 1.10. The van der Waals surface area contributed by atoms with Crippen LogP contribution in [0.15, 0.2) is 17.4 Å². The normalized spacial score (nSPS) is 21.0. The van der Waals surface area contributed by atoms with Crippen LogP contribution < -0.4 is 5.32 Å². The molecular formula is C20H35IN6O2. The van der Waals surface area contributed by atoms with Gasteiger partial charge in [0.25, 0.3) is 0 Å². The second-order valence-electron chi connectivity index (χ2n) is 7.53. The maximum atomic E-state index is 12.1. The lowest BCUT2D eigenvalue weighted by Gasteiger charge is -2.34. The third-order valence-corrected chi connectivity index (χ3v) is 5.32. The van der Waals surface area contributed by atoms with Gasteiger partial charge in [0, 0.05) is 58.0 Å². The first-order valence-electron chi connectivity index (χ1n) is 10.6. The van der Waals surface area contributed by atoms with Crippen LogP contribution in [0.25, 0.3) is 0 Å². The number of hydrogen-bond donors (Lipinski definition) is 1. The lowest BCUT2D eigenvalue weighted by atomic mass is 10.1. The molecule has 9 heteroatoms. The summed E-state index contributed by atoms with van der Waals surface area (Å²) in [4.78, 5) is 21.2. The summed E-state index contributed by atoms with van der Waals surface area (Å²) in [6.45, 7) is 7.62. The second-order valence-corrected chi connectivity index (χ2v) is 7.53. The van der Waals surface area contributed by atoms with E-state index >= 15 is 0 Å². The van der Waals surface area contributed by atoms with Crippen LogP contribution in [0.2, 0.25) is 0 Å². The highest BCUT2D eigenvalue weighted by atomic mass is 127. The molecule has 3 heterocycles. The van der Waals surface area contributed by atoms with Gasteiger partial charge in [-0.15, -0.1) is 24.0 Å². The molecule has 29 heavy (non-hydrogen) atoms. The lowest BCUT2D eigenvalue weighted by molar-refractivity contribution is -0.130. The number of hydrogen-bond acceptors (Lipinski definition) is 4. The number of nitrogens with zero attached hydrogens (tertiary/aromatic N) is 5. The van der Waals surface area contributed by atoms with E-state index in [1.165, 1.54) is 6.42 Å². The Balaban J connectivity index is 0.00000300. The maximum absolute atomic E-state index is 12.1. The van der Waals surface area contributed by atoms with Crippen molar-refractivity contribution in [2.24, 2.45) is 12.0 Å². The van der Waals surface area contributed by atoms with Crippen molar-refractivity contribution in [3.05, 3.63) is 18.0 Å². The zero-order chi connectivity index (χ0) is 19.8. The Morgan fingerprint density at radius 2 is 2.21 bits per heavy atom. The largest absolute Gasteiger partial charge is 0.370 e. The summed E-state index contributed by atoms with van der Waals surface area (Å²) in [6, 6.07) is 0. The van der Waals surface area contributed by atoms with Gasteiger partial charge in [-0.25, -0.2) is 0 Å². The number of aromatic nitrogens is 2. The third kappa shape index (κ3) is 7.13. The first-order valence-corrected chi connectivity index (χ1v) is 10.6. The van der Waals surface area contributed by atoms with Gasteiger partial charge in [-0.1, -0.05) is 6.42 Å². The zero-order valence-electron chi connectivity index (χ0n) is 17.7. The van der Waals surface area contributed by atoms with Gasteiger partial charge in [0.1, 0.15) is 6.10 Å². The molecule has 0 saturated carbocycles. The fourth-order valence-corrected chi connectivity index (χ4v) is 3.80. The smallest absolute Gasteiger partial charge is 0.222 e. The summed E-state index contributed by atoms with van der Waals surface area (Å²) < 4.78 is 7.75. The first kappa shape index (κ1) is 23.9. The van der Waals surface area contributed by atoms with Crippen LogP contribution in [0.1, 0.15) is 50.7 Å². The fourth-order valence-electron chi connectivity index (χ4n) is 3.80. The average Bonchev–Trinajstić information content (AvgIpc) is 3.04. The number of carbonyl (C=O) groups excluding carboxylic acids is 1. The van der Waals surface area contributed by atoms with Crippen molar-refractivity contribution in [1.82, 2.24) is 24.9 Å². The molecule has 0 aromatic carbocycles. The van der Waals surface area contributed by atoms with E-state index in [9.17, 15) is 4.79 Å². The van der Waals surface area contributed by atoms with E-state index in [1.54, 1.807) is 4.68 Å². The molecule has 164 valence electrons. The van der Waals surface area contributed by atoms with Crippen molar-refractivity contribution in [2.45, 2.75) is 45.1 Å². The van der Waals surface area contributed by atoms with Crippen LogP contribution in [-0.2, 0) is 16.6 Å². The molecule has 2 fully saturated rings. The average molecular weight is 518 g/mol. The second kappa shape index (κ2) is 12.4. The minimum Gasteiger partial charge on any atom is -0.370 e. The van der Waals surface area contributed by atoms with Gasteiger partial charge in [0.2, 0.25) is 5.91 Å². The number of carbonyl (C=O) groups is 1. The number of rotatable bonds is 6. The number of morpholine rings is 1. The van der Waals surface area contributed by atoms with Gasteiger partial charge in [0.05, 0.1) is 19.3 Å². The van der Waals surface area contributed by atoms with Crippen LogP contribution >= 0.6 is 24.0 Å². The van der Waals surface area contributed by atoms with Gasteiger partial charge in [-0.3, -0.25) is 14.5 Å². The predicted octanol–water partition coefficient (Wildman–Crippen LogP) is 2.17. The van der Waals surface area contributed by atoms with Crippen molar-refractivity contribution >= 4 is 35.8 Å². The standard InChI is InChI=1S/C20H34N6O2.HI/c1-3-21-20(22-9-7-11-25-10-6-4-5-8-19(25)27)26-12-13-28-18(16-26)17-14-23-24(2)15-17;/h14-15,18H,3-13,16H2,1-2H3,(H,21,22);1H. The lowest BCUT2D eigenvalue weighted by Crippen LogP contribution is -2.48. The molecule has 1 aromatic heterocycles. The molecule has 2 aliphatic heterocycles. The monoisotopic (exact) mass is 518 g/mol. The fraction of sp³-hybridized carbons (Fsp3) is 0.750. The number of aryl methyl sites for hydroxylation is 1. The summed E-state index contributed by atoms with van der Waals surface area (Å²) in [6.07, 6.45) is 8.83. The van der Waals surface area contributed by atoms with Gasteiger partial charge < -0.3 is 19.9 Å². The molecule has 1 N–H and O–H groups in total. The van der Waals surface area contributed by atoms with Gasteiger partial charge in [0.15, 0.2) is 5.96 Å². The molecule has 2 aliphatic rings. The molecule has 1 atom stereocenters. The van der Waals surface area contributed by atoms with E-state index in [0.717, 1.165) is 70.1 Å². The molecule has 8 nitrogen and oxygen atoms in total. The number of guanidine groups is 1. The topological polar surface area (TPSA) is 75.0 Å². The van der Waals surface area contributed by atoms with E-state index in [2.05, 4.69) is 22.2 Å². The molecule has 2 saturated heterocycles.